The number of likely N-dealkylation sites (tertiary alicyclic amines) is 1. The highest BCUT2D eigenvalue weighted by atomic mass is 35.5. The number of carbonyl (C=O) groups is 2. The van der Waals surface area contributed by atoms with Gasteiger partial charge in [-0.3, -0.25) is 4.79 Å². The van der Waals surface area contributed by atoms with Crippen molar-refractivity contribution in [2.24, 2.45) is 0 Å². The summed E-state index contributed by atoms with van der Waals surface area (Å²) in [5.74, 6) is 0.101. The molecule has 21 heavy (non-hydrogen) atoms. The molecule has 5 nitrogen and oxygen atoms in total. The number of carbonyl (C=O) groups excluding carboxylic acids is 2. The molecule has 0 atom stereocenters. The highest BCUT2D eigenvalue weighted by Crippen LogP contribution is 2.29. The molecule has 0 aliphatic carbocycles. The topological polar surface area (TPSA) is 58.6 Å². The van der Waals surface area contributed by atoms with E-state index in [9.17, 15) is 9.59 Å². The molecule has 2 heterocycles. The molecule has 1 aromatic rings. The van der Waals surface area contributed by atoms with Crippen LogP contribution in [-0.2, 0) is 16.0 Å². The quantitative estimate of drug-likeness (QED) is 0.909. The Hall–Kier alpha value is -1.75. The van der Waals surface area contributed by atoms with Crippen LogP contribution in [-0.4, -0.2) is 42.1 Å². The first-order valence-corrected chi connectivity index (χ1v) is 7.43. The summed E-state index contributed by atoms with van der Waals surface area (Å²) in [6, 6.07) is 7.32. The Kier molecular flexibility index (Phi) is 3.76. The molecule has 2 amide bonds. The second-order valence-corrected chi connectivity index (χ2v) is 6.05. The van der Waals surface area contributed by atoms with Crippen LogP contribution in [0.3, 0.4) is 0 Å². The van der Waals surface area contributed by atoms with E-state index in [2.05, 4.69) is 5.32 Å². The minimum Gasteiger partial charge on any atom is -0.441 e. The fraction of sp³-hybridized carbons (Fsp3) is 0.467. The molecule has 2 saturated heterocycles. The lowest BCUT2D eigenvalue weighted by atomic mass is 9.91. The molecule has 0 aromatic heterocycles. The van der Waals surface area contributed by atoms with Gasteiger partial charge in [-0.15, -0.1) is 0 Å². The third-order valence-electron chi connectivity index (χ3n) is 4.16. The van der Waals surface area contributed by atoms with Gasteiger partial charge in [0.1, 0.15) is 5.60 Å². The molecule has 6 heteroatoms. The van der Waals surface area contributed by atoms with Gasteiger partial charge in [-0.25, -0.2) is 4.79 Å². The second-order valence-electron chi connectivity index (χ2n) is 5.61. The van der Waals surface area contributed by atoms with Gasteiger partial charge in [-0.05, 0) is 17.7 Å². The summed E-state index contributed by atoms with van der Waals surface area (Å²) in [6.07, 6.45) is 1.41. The van der Waals surface area contributed by atoms with Crippen LogP contribution in [0.1, 0.15) is 18.4 Å². The summed E-state index contributed by atoms with van der Waals surface area (Å²) in [4.78, 5) is 25.3. The number of alkyl carbamates (subject to hydrolysis) is 1. The minimum atomic E-state index is -0.409. The maximum absolute atomic E-state index is 12.3. The molecule has 1 N–H and O–H groups in total. The second kappa shape index (κ2) is 5.56. The fourth-order valence-electron chi connectivity index (χ4n) is 2.83. The largest absolute Gasteiger partial charge is 0.441 e. The van der Waals surface area contributed by atoms with Crippen molar-refractivity contribution in [3.05, 3.63) is 34.9 Å². The van der Waals surface area contributed by atoms with Crippen LogP contribution in [0.25, 0.3) is 0 Å². The van der Waals surface area contributed by atoms with Gasteiger partial charge in [0.25, 0.3) is 0 Å². The average Bonchev–Trinajstić information content (AvgIpc) is 2.83. The molecule has 3 rings (SSSR count). The lowest BCUT2D eigenvalue weighted by Crippen LogP contribution is -2.48. The number of ether oxygens (including phenoxy) is 1. The lowest BCUT2D eigenvalue weighted by molar-refractivity contribution is -0.133. The Labute approximate surface area is 128 Å². The van der Waals surface area contributed by atoms with E-state index in [-0.39, 0.29) is 12.0 Å². The number of rotatable bonds is 2. The first kappa shape index (κ1) is 14.2. The molecule has 0 bridgehead atoms. The molecular formula is C15H17ClN2O3. The van der Waals surface area contributed by atoms with Gasteiger partial charge >= 0.3 is 6.09 Å². The zero-order valence-electron chi connectivity index (χ0n) is 11.6. The zero-order chi connectivity index (χ0) is 14.9. The third-order valence-corrected chi connectivity index (χ3v) is 4.41. The van der Waals surface area contributed by atoms with E-state index in [4.69, 9.17) is 16.3 Å². The summed E-state index contributed by atoms with van der Waals surface area (Å²) in [5, 5.41) is 3.36. The van der Waals surface area contributed by atoms with Crippen LogP contribution >= 0.6 is 11.6 Å². The average molecular weight is 309 g/mol. The molecular weight excluding hydrogens is 292 g/mol. The van der Waals surface area contributed by atoms with Crippen molar-refractivity contribution in [3.63, 3.8) is 0 Å². The molecule has 2 aliphatic heterocycles. The highest BCUT2D eigenvalue weighted by molar-refractivity contribution is 6.30. The minimum absolute atomic E-state index is 0.101. The number of amides is 2. The molecule has 2 aliphatic rings. The lowest BCUT2D eigenvalue weighted by Gasteiger charge is -2.37. The molecule has 1 aromatic carbocycles. The monoisotopic (exact) mass is 308 g/mol. The predicted molar refractivity (Wildman–Crippen MR) is 78.2 cm³/mol. The van der Waals surface area contributed by atoms with Crippen LogP contribution in [0.2, 0.25) is 5.02 Å². The van der Waals surface area contributed by atoms with Gasteiger partial charge in [0.15, 0.2) is 0 Å². The van der Waals surface area contributed by atoms with Crippen molar-refractivity contribution in [1.29, 1.82) is 0 Å². The summed E-state index contributed by atoms with van der Waals surface area (Å²) < 4.78 is 5.35. The molecule has 2 fully saturated rings. The summed E-state index contributed by atoms with van der Waals surface area (Å²) in [5.41, 5.74) is 0.548. The van der Waals surface area contributed by atoms with Crippen LogP contribution in [0, 0.1) is 0 Å². The maximum atomic E-state index is 12.3. The first-order valence-electron chi connectivity index (χ1n) is 7.05. The number of hydrogen-bond donors (Lipinski definition) is 1. The third kappa shape index (κ3) is 3.13. The number of hydrogen-bond acceptors (Lipinski definition) is 3. The number of halogens is 1. The van der Waals surface area contributed by atoms with Crippen molar-refractivity contribution in [2.75, 3.05) is 19.6 Å². The molecule has 1 spiro atoms. The van der Waals surface area contributed by atoms with Crippen molar-refractivity contribution in [3.8, 4) is 0 Å². The number of benzene rings is 1. The first-order chi connectivity index (χ1) is 10.1. The number of nitrogens with zero attached hydrogens (tertiary/aromatic N) is 1. The Balaban J connectivity index is 1.55. The smallest absolute Gasteiger partial charge is 0.407 e. The van der Waals surface area contributed by atoms with E-state index >= 15 is 0 Å². The molecule has 0 unspecified atom stereocenters. The normalized spacial score (nSPS) is 20.2. The Morgan fingerprint density at radius 3 is 2.52 bits per heavy atom. The molecule has 112 valence electrons. The fourth-order valence-corrected chi connectivity index (χ4v) is 2.96. The maximum Gasteiger partial charge on any atom is 0.407 e. The van der Waals surface area contributed by atoms with Crippen LogP contribution in [0.15, 0.2) is 24.3 Å². The Bertz CT molecular complexity index is 551. The number of nitrogens with one attached hydrogen (secondary N) is 1. The van der Waals surface area contributed by atoms with Crippen LogP contribution < -0.4 is 5.32 Å². The van der Waals surface area contributed by atoms with E-state index in [1.54, 1.807) is 12.1 Å². The Morgan fingerprint density at radius 1 is 1.29 bits per heavy atom. The summed E-state index contributed by atoms with van der Waals surface area (Å²) in [6.45, 7) is 1.80. The van der Waals surface area contributed by atoms with Gasteiger partial charge in [-0.2, -0.15) is 0 Å². The number of piperidine rings is 1. The summed E-state index contributed by atoms with van der Waals surface area (Å²) >= 11 is 5.84. The highest BCUT2D eigenvalue weighted by Gasteiger charge is 2.43. The summed E-state index contributed by atoms with van der Waals surface area (Å²) in [7, 11) is 0. The van der Waals surface area contributed by atoms with Gasteiger partial charge in [0.05, 0.1) is 13.0 Å². The van der Waals surface area contributed by atoms with Crippen molar-refractivity contribution in [1.82, 2.24) is 10.2 Å². The van der Waals surface area contributed by atoms with Crippen LogP contribution in [0.5, 0.6) is 0 Å². The van der Waals surface area contributed by atoms with Crippen molar-refractivity contribution in [2.45, 2.75) is 24.9 Å². The van der Waals surface area contributed by atoms with Crippen LogP contribution in [0.4, 0.5) is 4.79 Å². The SMILES string of the molecule is O=C1NCC2(CCN(C(=O)Cc3ccc(Cl)cc3)CC2)O1. The standard InChI is InChI=1S/C15H17ClN2O3/c16-12-3-1-11(2-4-12)9-13(19)18-7-5-15(6-8-18)10-17-14(20)21-15/h1-4H,5-10H2,(H,17,20). The predicted octanol–water partition coefficient (Wildman–Crippen LogP) is 1.98. The van der Waals surface area contributed by atoms with E-state index in [1.807, 2.05) is 17.0 Å². The van der Waals surface area contributed by atoms with Gasteiger partial charge in [0, 0.05) is 31.0 Å². The molecule has 0 radical (unpaired) electrons. The van der Waals surface area contributed by atoms with Gasteiger partial charge in [0.2, 0.25) is 5.91 Å². The van der Waals surface area contributed by atoms with E-state index < -0.39 is 5.60 Å². The Morgan fingerprint density at radius 2 is 1.95 bits per heavy atom. The van der Waals surface area contributed by atoms with Gasteiger partial charge in [-0.1, -0.05) is 23.7 Å². The molecule has 0 saturated carbocycles. The van der Waals surface area contributed by atoms with E-state index in [1.165, 1.54) is 0 Å². The zero-order valence-corrected chi connectivity index (χ0v) is 12.4. The van der Waals surface area contributed by atoms with Crippen molar-refractivity contribution >= 4 is 23.6 Å². The van der Waals surface area contributed by atoms with E-state index in [0.29, 0.717) is 43.9 Å². The van der Waals surface area contributed by atoms with Gasteiger partial charge < -0.3 is 15.0 Å². The van der Waals surface area contributed by atoms with Crippen molar-refractivity contribution < 1.29 is 14.3 Å². The van der Waals surface area contributed by atoms with E-state index in [0.717, 1.165) is 5.56 Å².